The van der Waals surface area contributed by atoms with Gasteiger partial charge < -0.3 is 9.47 Å². The molecule has 0 spiro atoms. The smallest absolute Gasteiger partial charge is 0.273 e. The number of ketones is 1. The summed E-state index contributed by atoms with van der Waals surface area (Å²) in [7, 11) is 1.38. The molecule has 2 rings (SSSR count). The largest absolute Gasteiger partial charge is 0.493 e. The van der Waals surface area contributed by atoms with E-state index in [-0.39, 0.29) is 23.8 Å². The van der Waals surface area contributed by atoms with E-state index < -0.39 is 4.92 Å². The second-order valence-corrected chi connectivity index (χ2v) is 4.73. The molecule has 0 unspecified atom stereocenters. The van der Waals surface area contributed by atoms with E-state index in [9.17, 15) is 14.9 Å². The standard InChI is InChI=1S/C13H11NO5S/c1-18-12-7-9(14(16)17)4-5-11(12)19-8-10(15)13-3-2-6-20-13/h2-7H,8H2,1H3. The van der Waals surface area contributed by atoms with Crippen LogP contribution in [0.3, 0.4) is 0 Å². The SMILES string of the molecule is COc1cc([N+](=O)[O-])ccc1OCC(=O)c1cccs1. The average Bonchev–Trinajstić information content (AvgIpc) is 2.98. The summed E-state index contributed by atoms with van der Waals surface area (Å²) in [5.41, 5.74) is -0.0983. The van der Waals surface area contributed by atoms with Crippen LogP contribution >= 0.6 is 11.3 Å². The van der Waals surface area contributed by atoms with Gasteiger partial charge in [0.15, 0.2) is 18.1 Å². The van der Waals surface area contributed by atoms with Crippen LogP contribution in [0.15, 0.2) is 35.7 Å². The van der Waals surface area contributed by atoms with E-state index in [2.05, 4.69) is 0 Å². The Morgan fingerprint density at radius 1 is 1.35 bits per heavy atom. The van der Waals surface area contributed by atoms with Gasteiger partial charge in [0.05, 0.1) is 23.0 Å². The van der Waals surface area contributed by atoms with Crippen LogP contribution < -0.4 is 9.47 Å². The van der Waals surface area contributed by atoms with Crippen LogP contribution in [0.25, 0.3) is 0 Å². The molecular weight excluding hydrogens is 282 g/mol. The fourth-order valence-electron chi connectivity index (χ4n) is 1.54. The number of ether oxygens (including phenoxy) is 2. The zero-order chi connectivity index (χ0) is 14.5. The van der Waals surface area contributed by atoms with Gasteiger partial charge in [0.1, 0.15) is 0 Å². The first-order chi connectivity index (χ1) is 9.61. The number of hydrogen-bond acceptors (Lipinski definition) is 6. The number of benzene rings is 1. The lowest BCUT2D eigenvalue weighted by atomic mass is 10.3. The fraction of sp³-hybridized carbons (Fsp3) is 0.154. The van der Waals surface area contributed by atoms with Gasteiger partial charge in [0, 0.05) is 6.07 Å². The lowest BCUT2D eigenvalue weighted by molar-refractivity contribution is -0.384. The number of nitrogens with zero attached hydrogens (tertiary/aromatic N) is 1. The maximum Gasteiger partial charge on any atom is 0.273 e. The zero-order valence-electron chi connectivity index (χ0n) is 10.6. The van der Waals surface area contributed by atoms with Crippen molar-refractivity contribution < 1.29 is 19.2 Å². The molecule has 0 aliphatic heterocycles. The maximum atomic E-state index is 11.8. The highest BCUT2D eigenvalue weighted by atomic mass is 32.1. The minimum Gasteiger partial charge on any atom is -0.493 e. The predicted molar refractivity (Wildman–Crippen MR) is 73.8 cm³/mol. The topological polar surface area (TPSA) is 78.7 Å². The quantitative estimate of drug-likeness (QED) is 0.465. The van der Waals surface area contributed by atoms with Crippen LogP contribution in [-0.2, 0) is 0 Å². The van der Waals surface area contributed by atoms with Crippen molar-refractivity contribution in [2.24, 2.45) is 0 Å². The van der Waals surface area contributed by atoms with Crippen molar-refractivity contribution in [2.75, 3.05) is 13.7 Å². The molecule has 20 heavy (non-hydrogen) atoms. The number of rotatable bonds is 6. The van der Waals surface area contributed by atoms with E-state index in [0.717, 1.165) is 0 Å². The highest BCUT2D eigenvalue weighted by Crippen LogP contribution is 2.31. The van der Waals surface area contributed by atoms with E-state index in [0.29, 0.717) is 10.6 Å². The molecule has 0 amide bonds. The highest BCUT2D eigenvalue weighted by molar-refractivity contribution is 7.12. The molecule has 0 aliphatic carbocycles. The average molecular weight is 293 g/mol. The zero-order valence-corrected chi connectivity index (χ0v) is 11.4. The van der Waals surface area contributed by atoms with Crippen LogP contribution in [0.5, 0.6) is 11.5 Å². The van der Waals surface area contributed by atoms with Crippen LogP contribution in [0.4, 0.5) is 5.69 Å². The maximum absolute atomic E-state index is 11.8. The molecule has 1 aromatic carbocycles. The second-order valence-electron chi connectivity index (χ2n) is 3.78. The van der Waals surface area contributed by atoms with Gasteiger partial charge in [0.25, 0.3) is 5.69 Å². The lowest BCUT2D eigenvalue weighted by Crippen LogP contribution is -2.10. The Balaban J connectivity index is 2.09. The van der Waals surface area contributed by atoms with Crippen molar-refractivity contribution in [3.05, 3.63) is 50.7 Å². The molecule has 7 heteroatoms. The summed E-state index contributed by atoms with van der Waals surface area (Å²) < 4.78 is 10.4. The number of carbonyl (C=O) groups excluding carboxylic acids is 1. The van der Waals surface area contributed by atoms with E-state index in [1.807, 2.05) is 0 Å². The summed E-state index contributed by atoms with van der Waals surface area (Å²) in [6, 6.07) is 7.46. The van der Waals surface area contributed by atoms with Gasteiger partial charge >= 0.3 is 0 Å². The summed E-state index contributed by atoms with van der Waals surface area (Å²) in [5.74, 6) is 0.363. The van der Waals surface area contributed by atoms with Gasteiger partial charge in [-0.3, -0.25) is 14.9 Å². The van der Waals surface area contributed by atoms with Crippen LogP contribution in [0.1, 0.15) is 9.67 Å². The highest BCUT2D eigenvalue weighted by Gasteiger charge is 2.14. The van der Waals surface area contributed by atoms with Crippen LogP contribution in [0.2, 0.25) is 0 Å². The molecule has 1 heterocycles. The molecule has 0 saturated heterocycles. The van der Waals surface area contributed by atoms with E-state index in [1.54, 1.807) is 17.5 Å². The Bertz CT molecular complexity index is 624. The van der Waals surface area contributed by atoms with Crippen LogP contribution in [0, 0.1) is 10.1 Å². The van der Waals surface area contributed by atoms with Crippen LogP contribution in [-0.4, -0.2) is 24.4 Å². The fourth-order valence-corrected chi connectivity index (χ4v) is 2.19. The van der Waals surface area contributed by atoms with Gasteiger partial charge in [-0.1, -0.05) is 6.07 Å². The molecule has 0 bridgehead atoms. The summed E-state index contributed by atoms with van der Waals surface area (Å²) in [4.78, 5) is 22.5. The normalized spacial score (nSPS) is 10.1. The number of methoxy groups -OCH3 is 1. The molecular formula is C13H11NO5S. The first kappa shape index (κ1) is 14.0. The second kappa shape index (κ2) is 6.16. The number of nitro groups is 1. The third-order valence-electron chi connectivity index (χ3n) is 2.51. The predicted octanol–water partition coefficient (Wildman–Crippen LogP) is 2.93. The molecule has 0 N–H and O–H groups in total. The number of nitro benzene ring substituents is 1. The van der Waals surface area contributed by atoms with Crippen molar-refractivity contribution in [3.8, 4) is 11.5 Å². The third-order valence-corrected chi connectivity index (χ3v) is 3.42. The number of carbonyl (C=O) groups is 1. The van der Waals surface area contributed by atoms with E-state index in [4.69, 9.17) is 9.47 Å². The molecule has 0 fully saturated rings. The molecule has 0 saturated carbocycles. The van der Waals surface area contributed by atoms with Crippen molar-refractivity contribution in [2.45, 2.75) is 0 Å². The number of hydrogen-bond donors (Lipinski definition) is 0. The van der Waals surface area contributed by atoms with Gasteiger partial charge in [-0.15, -0.1) is 11.3 Å². The van der Waals surface area contributed by atoms with Gasteiger partial charge in [-0.05, 0) is 17.5 Å². The summed E-state index contributed by atoms with van der Waals surface area (Å²) in [6.45, 7) is -0.144. The monoisotopic (exact) mass is 293 g/mol. The number of non-ortho nitro benzene ring substituents is 1. The number of Topliss-reactive ketones (excluding diaryl/α,β-unsaturated/α-hetero) is 1. The van der Waals surface area contributed by atoms with E-state index in [1.165, 1.54) is 36.6 Å². The Hall–Kier alpha value is -2.41. The Morgan fingerprint density at radius 3 is 2.75 bits per heavy atom. The van der Waals surface area contributed by atoms with Crippen molar-refractivity contribution in [1.29, 1.82) is 0 Å². The van der Waals surface area contributed by atoms with Gasteiger partial charge in [-0.2, -0.15) is 0 Å². The molecule has 104 valence electrons. The summed E-state index contributed by atoms with van der Waals surface area (Å²) >= 11 is 1.33. The lowest BCUT2D eigenvalue weighted by Gasteiger charge is -2.09. The summed E-state index contributed by atoms with van der Waals surface area (Å²) in [6.07, 6.45) is 0. The molecule has 1 aromatic heterocycles. The molecule has 2 aromatic rings. The van der Waals surface area contributed by atoms with E-state index >= 15 is 0 Å². The first-order valence-electron chi connectivity index (χ1n) is 5.63. The minimum absolute atomic E-state index is 0.0983. The third kappa shape index (κ3) is 3.12. The number of thiophene rings is 1. The van der Waals surface area contributed by atoms with Gasteiger partial charge in [0.2, 0.25) is 5.78 Å². The van der Waals surface area contributed by atoms with Crippen molar-refractivity contribution >= 4 is 22.8 Å². The van der Waals surface area contributed by atoms with Gasteiger partial charge in [-0.25, -0.2) is 0 Å². The molecule has 0 aliphatic rings. The Morgan fingerprint density at radius 2 is 2.15 bits per heavy atom. The first-order valence-corrected chi connectivity index (χ1v) is 6.51. The minimum atomic E-state index is -0.525. The summed E-state index contributed by atoms with van der Waals surface area (Å²) in [5, 5.41) is 12.5. The molecule has 6 nitrogen and oxygen atoms in total. The Kier molecular flexibility index (Phi) is 4.31. The Labute approximate surface area is 118 Å². The van der Waals surface area contributed by atoms with Crippen molar-refractivity contribution in [3.63, 3.8) is 0 Å². The van der Waals surface area contributed by atoms with Crippen molar-refractivity contribution in [1.82, 2.24) is 0 Å². The molecule has 0 atom stereocenters. The molecule has 0 radical (unpaired) electrons.